The van der Waals surface area contributed by atoms with Crippen molar-refractivity contribution in [3.05, 3.63) is 17.6 Å². The summed E-state index contributed by atoms with van der Waals surface area (Å²) < 4.78 is 5.56. The van der Waals surface area contributed by atoms with Crippen LogP contribution in [0.1, 0.15) is 49.8 Å². The molecule has 0 amide bonds. The molecule has 0 saturated heterocycles. The monoisotopic (exact) mass is 261 g/mol. The van der Waals surface area contributed by atoms with Crippen LogP contribution in [-0.4, -0.2) is 29.2 Å². The van der Waals surface area contributed by atoms with Crippen molar-refractivity contribution in [2.45, 2.75) is 63.5 Å². The summed E-state index contributed by atoms with van der Waals surface area (Å²) in [5, 5.41) is 3.62. The first-order chi connectivity index (χ1) is 9.38. The predicted molar refractivity (Wildman–Crippen MR) is 75.3 cm³/mol. The summed E-state index contributed by atoms with van der Waals surface area (Å²) >= 11 is 0. The van der Waals surface area contributed by atoms with Crippen LogP contribution < -0.4 is 5.32 Å². The van der Waals surface area contributed by atoms with Crippen LogP contribution in [0.5, 0.6) is 0 Å². The largest absolute Gasteiger partial charge is 0.379 e. The molecular weight excluding hydrogens is 238 g/mol. The number of aromatic nitrogens is 2. The number of nitrogens with zero attached hydrogens (tertiary/aromatic N) is 2. The van der Waals surface area contributed by atoms with Gasteiger partial charge in [-0.25, -0.2) is 9.97 Å². The van der Waals surface area contributed by atoms with E-state index < -0.39 is 0 Å². The van der Waals surface area contributed by atoms with Crippen molar-refractivity contribution in [3.63, 3.8) is 0 Å². The Hall–Kier alpha value is -1.16. The van der Waals surface area contributed by atoms with Gasteiger partial charge in [0.05, 0.1) is 12.1 Å². The number of anilines is 1. The normalized spacial score (nSPS) is 26.8. The number of hydrogen-bond acceptors (Lipinski definition) is 4. The van der Waals surface area contributed by atoms with E-state index >= 15 is 0 Å². The molecule has 2 unspecified atom stereocenters. The van der Waals surface area contributed by atoms with E-state index in [0.29, 0.717) is 12.1 Å². The second-order valence-corrected chi connectivity index (χ2v) is 5.66. The molecule has 1 aromatic heterocycles. The minimum atomic E-state index is 0.330. The van der Waals surface area contributed by atoms with Gasteiger partial charge in [0, 0.05) is 18.4 Å². The van der Waals surface area contributed by atoms with Gasteiger partial charge in [-0.1, -0.05) is 6.42 Å². The molecule has 4 nitrogen and oxygen atoms in total. The Balaban J connectivity index is 1.81. The molecule has 0 bridgehead atoms. The molecule has 1 saturated carbocycles. The summed E-state index contributed by atoms with van der Waals surface area (Å²) in [6.45, 7) is 0. The highest BCUT2D eigenvalue weighted by atomic mass is 16.5. The Bertz CT molecular complexity index is 435. The molecule has 104 valence electrons. The minimum Gasteiger partial charge on any atom is -0.379 e. The highest BCUT2D eigenvalue weighted by Crippen LogP contribution is 2.28. The smallest absolute Gasteiger partial charge is 0.133 e. The molecule has 1 heterocycles. The molecule has 2 atom stereocenters. The standard InChI is InChI=1S/C15H23N3O/c1-19-14-9-5-8-13(14)18-15-11-6-3-2-4-7-12(11)16-10-17-15/h10,13-14H,2-9H2,1H3,(H,16,17,18). The molecule has 1 fully saturated rings. The van der Waals surface area contributed by atoms with E-state index in [9.17, 15) is 0 Å². The maximum Gasteiger partial charge on any atom is 0.133 e. The summed E-state index contributed by atoms with van der Waals surface area (Å²) in [7, 11) is 1.81. The van der Waals surface area contributed by atoms with E-state index in [1.807, 2.05) is 7.11 Å². The zero-order valence-electron chi connectivity index (χ0n) is 11.7. The number of rotatable bonds is 3. The summed E-state index contributed by atoms with van der Waals surface area (Å²) in [5.41, 5.74) is 2.60. The Kier molecular flexibility index (Phi) is 3.97. The molecule has 2 aliphatic rings. The van der Waals surface area contributed by atoms with Gasteiger partial charge >= 0.3 is 0 Å². The van der Waals surface area contributed by atoms with Gasteiger partial charge in [-0.15, -0.1) is 0 Å². The Morgan fingerprint density at radius 3 is 2.89 bits per heavy atom. The zero-order chi connectivity index (χ0) is 13.1. The summed E-state index contributed by atoms with van der Waals surface area (Å²) in [4.78, 5) is 8.96. The van der Waals surface area contributed by atoms with Crippen LogP contribution in [0.3, 0.4) is 0 Å². The van der Waals surface area contributed by atoms with E-state index in [1.165, 1.54) is 43.4 Å². The number of fused-ring (bicyclic) bond motifs is 1. The third-order valence-corrected chi connectivity index (χ3v) is 4.45. The summed E-state index contributed by atoms with van der Waals surface area (Å²) in [6, 6.07) is 0.409. The number of ether oxygens (including phenoxy) is 1. The van der Waals surface area contributed by atoms with Gasteiger partial charge in [0.25, 0.3) is 0 Å². The van der Waals surface area contributed by atoms with E-state index in [2.05, 4.69) is 15.3 Å². The molecule has 4 heteroatoms. The second-order valence-electron chi connectivity index (χ2n) is 5.66. The number of nitrogens with one attached hydrogen (secondary N) is 1. The average Bonchev–Trinajstić information content (AvgIpc) is 2.73. The number of aryl methyl sites for hydroxylation is 1. The van der Waals surface area contributed by atoms with Crippen molar-refractivity contribution in [1.82, 2.24) is 9.97 Å². The minimum absolute atomic E-state index is 0.330. The van der Waals surface area contributed by atoms with Gasteiger partial charge < -0.3 is 10.1 Å². The van der Waals surface area contributed by atoms with Crippen LogP contribution in [0.15, 0.2) is 6.33 Å². The maximum absolute atomic E-state index is 5.56. The highest BCUT2D eigenvalue weighted by Gasteiger charge is 2.28. The quantitative estimate of drug-likeness (QED) is 0.850. The second kappa shape index (κ2) is 5.87. The first-order valence-corrected chi connectivity index (χ1v) is 7.50. The lowest BCUT2D eigenvalue weighted by molar-refractivity contribution is 0.101. The van der Waals surface area contributed by atoms with Gasteiger partial charge in [0.15, 0.2) is 0 Å². The summed E-state index contributed by atoms with van der Waals surface area (Å²) in [6.07, 6.45) is 11.6. The van der Waals surface area contributed by atoms with Crippen LogP contribution in [-0.2, 0) is 17.6 Å². The third-order valence-electron chi connectivity index (χ3n) is 4.45. The molecule has 0 radical (unpaired) electrons. The highest BCUT2D eigenvalue weighted by molar-refractivity contribution is 5.47. The molecular formula is C15H23N3O. The first kappa shape index (κ1) is 12.9. The molecule has 1 aromatic rings. The van der Waals surface area contributed by atoms with Crippen molar-refractivity contribution < 1.29 is 4.74 Å². The lowest BCUT2D eigenvalue weighted by atomic mass is 10.1. The number of methoxy groups -OCH3 is 1. The van der Waals surface area contributed by atoms with E-state index in [-0.39, 0.29) is 0 Å². The molecule has 1 N–H and O–H groups in total. The lowest BCUT2D eigenvalue weighted by Gasteiger charge is -2.22. The van der Waals surface area contributed by atoms with Gasteiger partial charge in [-0.05, 0) is 44.9 Å². The zero-order valence-corrected chi connectivity index (χ0v) is 11.7. The molecule has 19 heavy (non-hydrogen) atoms. The Labute approximate surface area is 115 Å². The number of hydrogen-bond donors (Lipinski definition) is 1. The van der Waals surface area contributed by atoms with Crippen LogP contribution in [0, 0.1) is 0 Å². The fourth-order valence-corrected chi connectivity index (χ4v) is 3.37. The SMILES string of the molecule is COC1CCCC1Nc1ncnc2c1CCCCC2. The Morgan fingerprint density at radius 2 is 2.00 bits per heavy atom. The average molecular weight is 261 g/mol. The fourth-order valence-electron chi connectivity index (χ4n) is 3.37. The van der Waals surface area contributed by atoms with E-state index in [1.54, 1.807) is 6.33 Å². The summed E-state index contributed by atoms with van der Waals surface area (Å²) in [5.74, 6) is 1.06. The van der Waals surface area contributed by atoms with E-state index in [0.717, 1.165) is 25.1 Å². The van der Waals surface area contributed by atoms with Crippen LogP contribution >= 0.6 is 0 Å². The van der Waals surface area contributed by atoms with Gasteiger partial charge in [0.2, 0.25) is 0 Å². The van der Waals surface area contributed by atoms with Crippen molar-refractivity contribution in [2.75, 3.05) is 12.4 Å². The molecule has 0 aliphatic heterocycles. The van der Waals surface area contributed by atoms with Crippen LogP contribution in [0.25, 0.3) is 0 Å². The Morgan fingerprint density at radius 1 is 1.11 bits per heavy atom. The van der Waals surface area contributed by atoms with Gasteiger partial charge in [0.1, 0.15) is 12.1 Å². The van der Waals surface area contributed by atoms with Crippen molar-refractivity contribution in [1.29, 1.82) is 0 Å². The van der Waals surface area contributed by atoms with Crippen molar-refractivity contribution in [2.24, 2.45) is 0 Å². The lowest BCUT2D eigenvalue weighted by Crippen LogP contribution is -2.30. The predicted octanol–water partition coefficient (Wildman–Crippen LogP) is 2.72. The molecule has 0 spiro atoms. The third kappa shape index (κ3) is 2.73. The maximum atomic E-state index is 5.56. The van der Waals surface area contributed by atoms with Crippen LogP contribution in [0.2, 0.25) is 0 Å². The van der Waals surface area contributed by atoms with Crippen molar-refractivity contribution in [3.8, 4) is 0 Å². The molecule has 0 aromatic carbocycles. The fraction of sp³-hybridized carbons (Fsp3) is 0.733. The first-order valence-electron chi connectivity index (χ1n) is 7.50. The van der Waals surface area contributed by atoms with Gasteiger partial charge in [-0.3, -0.25) is 0 Å². The van der Waals surface area contributed by atoms with Crippen LogP contribution in [0.4, 0.5) is 5.82 Å². The molecule has 3 rings (SSSR count). The topological polar surface area (TPSA) is 47.0 Å². The van der Waals surface area contributed by atoms with Gasteiger partial charge in [-0.2, -0.15) is 0 Å². The van der Waals surface area contributed by atoms with E-state index in [4.69, 9.17) is 4.74 Å². The molecule has 2 aliphatic carbocycles. The van der Waals surface area contributed by atoms with Crippen molar-refractivity contribution >= 4 is 5.82 Å².